The molecular formula is C13H11NO2. The summed E-state index contributed by atoms with van der Waals surface area (Å²) >= 11 is 0. The van der Waals surface area contributed by atoms with Crippen molar-refractivity contribution in [2.24, 2.45) is 0 Å². The average molecular weight is 213 g/mol. The molecule has 1 aliphatic heterocycles. The van der Waals surface area contributed by atoms with Crippen LogP contribution in [0.3, 0.4) is 0 Å². The van der Waals surface area contributed by atoms with Crippen molar-refractivity contribution in [3.05, 3.63) is 47.5 Å². The first-order valence-corrected chi connectivity index (χ1v) is 5.11. The molecule has 2 aromatic rings. The van der Waals surface area contributed by atoms with Gasteiger partial charge < -0.3 is 15.6 Å². The summed E-state index contributed by atoms with van der Waals surface area (Å²) in [5, 5.41) is 9.46. The molecule has 0 aliphatic carbocycles. The van der Waals surface area contributed by atoms with Crippen LogP contribution < -0.4 is 10.5 Å². The van der Waals surface area contributed by atoms with E-state index in [4.69, 9.17) is 10.5 Å². The second-order valence-electron chi connectivity index (χ2n) is 3.90. The molecule has 0 radical (unpaired) electrons. The summed E-state index contributed by atoms with van der Waals surface area (Å²) in [5.41, 5.74) is 8.49. The zero-order valence-corrected chi connectivity index (χ0v) is 8.60. The lowest BCUT2D eigenvalue weighted by Crippen LogP contribution is -2.05. The summed E-state index contributed by atoms with van der Waals surface area (Å²) in [7, 11) is 0. The molecule has 0 saturated heterocycles. The molecule has 0 fully saturated rings. The van der Waals surface area contributed by atoms with Crippen molar-refractivity contribution in [2.75, 3.05) is 5.73 Å². The molecule has 0 saturated carbocycles. The number of phenols is 1. The summed E-state index contributed by atoms with van der Waals surface area (Å²) in [6.45, 7) is 0. The van der Waals surface area contributed by atoms with Gasteiger partial charge in [-0.05, 0) is 11.6 Å². The fraction of sp³-hybridized carbons (Fsp3) is 0.0769. The van der Waals surface area contributed by atoms with Crippen LogP contribution in [0.5, 0.6) is 17.2 Å². The molecule has 0 aromatic heterocycles. The highest BCUT2D eigenvalue weighted by Crippen LogP contribution is 2.40. The first-order chi connectivity index (χ1) is 7.74. The maximum atomic E-state index is 9.46. The number of nitrogen functional groups attached to an aromatic ring is 1. The Morgan fingerprint density at radius 3 is 2.81 bits per heavy atom. The number of phenolic OH excluding ortho intramolecular Hbond substituents is 1. The van der Waals surface area contributed by atoms with Gasteiger partial charge in [0.1, 0.15) is 17.2 Å². The molecule has 3 rings (SSSR count). The Morgan fingerprint density at radius 2 is 1.94 bits per heavy atom. The van der Waals surface area contributed by atoms with Crippen LogP contribution in [0.1, 0.15) is 11.1 Å². The maximum Gasteiger partial charge on any atom is 0.136 e. The van der Waals surface area contributed by atoms with Gasteiger partial charge in [0.2, 0.25) is 0 Å². The second-order valence-corrected chi connectivity index (χ2v) is 3.90. The monoisotopic (exact) mass is 213 g/mol. The third kappa shape index (κ3) is 1.29. The minimum atomic E-state index is 0.135. The predicted molar refractivity (Wildman–Crippen MR) is 61.8 cm³/mol. The van der Waals surface area contributed by atoms with Gasteiger partial charge in [-0.1, -0.05) is 18.2 Å². The van der Waals surface area contributed by atoms with Gasteiger partial charge in [-0.2, -0.15) is 0 Å². The molecule has 1 aliphatic rings. The van der Waals surface area contributed by atoms with Crippen LogP contribution in [-0.2, 0) is 6.42 Å². The van der Waals surface area contributed by atoms with E-state index in [0.717, 1.165) is 23.3 Å². The second kappa shape index (κ2) is 3.17. The number of benzene rings is 2. The molecule has 3 heteroatoms. The average Bonchev–Trinajstić information content (AvgIpc) is 2.27. The van der Waals surface area contributed by atoms with Crippen LogP contribution in [0.2, 0.25) is 0 Å². The van der Waals surface area contributed by atoms with E-state index in [2.05, 4.69) is 0 Å². The van der Waals surface area contributed by atoms with Crippen LogP contribution >= 0.6 is 0 Å². The number of para-hydroxylation sites is 1. The highest BCUT2D eigenvalue weighted by atomic mass is 16.5. The fourth-order valence-corrected chi connectivity index (χ4v) is 1.99. The topological polar surface area (TPSA) is 55.5 Å². The number of aromatic hydroxyl groups is 1. The minimum absolute atomic E-state index is 0.135. The number of rotatable bonds is 0. The van der Waals surface area contributed by atoms with E-state index >= 15 is 0 Å². The lowest BCUT2D eigenvalue weighted by atomic mass is 9.99. The first kappa shape index (κ1) is 9.09. The molecule has 0 atom stereocenters. The first-order valence-electron chi connectivity index (χ1n) is 5.11. The number of fused-ring (bicyclic) bond motifs is 2. The number of ether oxygens (including phenoxy) is 1. The molecule has 0 bridgehead atoms. The van der Waals surface area contributed by atoms with E-state index in [9.17, 15) is 5.11 Å². The van der Waals surface area contributed by atoms with E-state index < -0.39 is 0 Å². The Labute approximate surface area is 93.1 Å². The van der Waals surface area contributed by atoms with Crippen molar-refractivity contribution in [3.8, 4) is 17.2 Å². The molecule has 0 spiro atoms. The molecule has 3 nitrogen and oxygen atoms in total. The van der Waals surface area contributed by atoms with Crippen LogP contribution in [0.15, 0.2) is 36.4 Å². The van der Waals surface area contributed by atoms with E-state index in [-0.39, 0.29) is 5.75 Å². The molecule has 16 heavy (non-hydrogen) atoms. The minimum Gasteiger partial charge on any atom is -0.508 e. The molecular weight excluding hydrogens is 202 g/mol. The lowest BCUT2D eigenvalue weighted by Gasteiger charge is -2.21. The zero-order valence-electron chi connectivity index (χ0n) is 8.60. The predicted octanol–water partition coefficient (Wildman–Crippen LogP) is 2.67. The maximum absolute atomic E-state index is 9.46. The van der Waals surface area contributed by atoms with Gasteiger partial charge in [0.25, 0.3) is 0 Å². The Kier molecular flexibility index (Phi) is 1.80. The third-order valence-electron chi connectivity index (χ3n) is 2.79. The van der Waals surface area contributed by atoms with Crippen molar-refractivity contribution < 1.29 is 9.84 Å². The SMILES string of the molecule is Nc1cc(O)cc2c1Cc1ccccc1O2. The van der Waals surface area contributed by atoms with E-state index in [1.54, 1.807) is 12.1 Å². The Bertz CT molecular complexity index is 564. The van der Waals surface area contributed by atoms with E-state index in [1.165, 1.54) is 0 Å². The lowest BCUT2D eigenvalue weighted by molar-refractivity contribution is 0.443. The van der Waals surface area contributed by atoms with Gasteiger partial charge in [0.15, 0.2) is 0 Å². The smallest absolute Gasteiger partial charge is 0.136 e. The molecule has 3 N–H and O–H groups in total. The number of hydrogen-bond acceptors (Lipinski definition) is 3. The van der Waals surface area contributed by atoms with Gasteiger partial charge in [0, 0.05) is 29.8 Å². The fourth-order valence-electron chi connectivity index (χ4n) is 1.99. The highest BCUT2D eigenvalue weighted by molar-refractivity contribution is 5.63. The van der Waals surface area contributed by atoms with Crippen LogP contribution in [0, 0.1) is 0 Å². The normalized spacial score (nSPS) is 12.5. The van der Waals surface area contributed by atoms with Crippen LogP contribution in [-0.4, -0.2) is 5.11 Å². The number of hydrogen-bond donors (Lipinski definition) is 2. The molecule has 0 unspecified atom stereocenters. The summed E-state index contributed by atoms with van der Waals surface area (Å²) in [5.74, 6) is 1.62. The Hall–Kier alpha value is -2.16. The Morgan fingerprint density at radius 1 is 1.12 bits per heavy atom. The molecule has 80 valence electrons. The van der Waals surface area contributed by atoms with Crippen molar-refractivity contribution in [2.45, 2.75) is 6.42 Å². The van der Waals surface area contributed by atoms with Crippen molar-refractivity contribution in [3.63, 3.8) is 0 Å². The number of nitrogens with two attached hydrogens (primary N) is 1. The van der Waals surface area contributed by atoms with Gasteiger partial charge in [0.05, 0.1) is 0 Å². The Balaban J connectivity index is 2.15. The van der Waals surface area contributed by atoms with Crippen LogP contribution in [0.25, 0.3) is 0 Å². The standard InChI is InChI=1S/C13H11NO2/c14-11-6-9(15)7-13-10(11)5-8-3-1-2-4-12(8)16-13/h1-4,6-7,15H,5,14H2. The van der Waals surface area contributed by atoms with Gasteiger partial charge in [-0.3, -0.25) is 0 Å². The molecule has 0 amide bonds. The summed E-state index contributed by atoms with van der Waals surface area (Å²) in [6, 6.07) is 11.0. The van der Waals surface area contributed by atoms with Gasteiger partial charge in [-0.15, -0.1) is 0 Å². The molecule has 2 aromatic carbocycles. The largest absolute Gasteiger partial charge is 0.508 e. The number of anilines is 1. The van der Waals surface area contributed by atoms with Gasteiger partial charge in [-0.25, -0.2) is 0 Å². The van der Waals surface area contributed by atoms with Gasteiger partial charge >= 0.3 is 0 Å². The van der Waals surface area contributed by atoms with Crippen molar-refractivity contribution in [1.82, 2.24) is 0 Å². The van der Waals surface area contributed by atoms with Crippen molar-refractivity contribution in [1.29, 1.82) is 0 Å². The van der Waals surface area contributed by atoms with Crippen molar-refractivity contribution >= 4 is 5.69 Å². The third-order valence-corrected chi connectivity index (χ3v) is 2.79. The summed E-state index contributed by atoms with van der Waals surface area (Å²) in [6.07, 6.45) is 0.748. The molecule has 1 heterocycles. The highest BCUT2D eigenvalue weighted by Gasteiger charge is 2.19. The summed E-state index contributed by atoms with van der Waals surface area (Å²) in [4.78, 5) is 0. The van der Waals surface area contributed by atoms with Crippen LogP contribution in [0.4, 0.5) is 5.69 Å². The quantitative estimate of drug-likeness (QED) is 0.564. The van der Waals surface area contributed by atoms with E-state index in [1.807, 2.05) is 24.3 Å². The summed E-state index contributed by atoms with van der Waals surface area (Å²) < 4.78 is 5.70. The van der Waals surface area contributed by atoms with E-state index in [0.29, 0.717) is 11.4 Å². The zero-order chi connectivity index (χ0) is 11.1.